The molecule has 0 aromatic carbocycles. The minimum Gasteiger partial charge on any atom is -0.379 e. The summed E-state index contributed by atoms with van der Waals surface area (Å²) in [6, 6.07) is 4.16. The highest BCUT2D eigenvalue weighted by atomic mass is 32.1. The SMILES string of the molecule is Nc1nonc1C(=O)N1CCCC1c1cccs1. The van der Waals surface area contributed by atoms with Crippen molar-refractivity contribution < 1.29 is 9.42 Å². The molecule has 2 aromatic rings. The summed E-state index contributed by atoms with van der Waals surface area (Å²) in [5.41, 5.74) is 5.67. The van der Waals surface area contributed by atoms with Crippen LogP contribution in [-0.2, 0) is 0 Å². The molecule has 0 aliphatic carbocycles. The van der Waals surface area contributed by atoms with E-state index in [1.165, 1.54) is 4.88 Å². The van der Waals surface area contributed by atoms with Gasteiger partial charge >= 0.3 is 0 Å². The Morgan fingerprint density at radius 3 is 3.11 bits per heavy atom. The molecule has 2 N–H and O–H groups in total. The average molecular weight is 264 g/mol. The molecule has 6 nitrogen and oxygen atoms in total. The van der Waals surface area contributed by atoms with E-state index in [1.54, 1.807) is 16.2 Å². The van der Waals surface area contributed by atoms with Crippen LogP contribution in [0.5, 0.6) is 0 Å². The van der Waals surface area contributed by atoms with Crippen molar-refractivity contribution in [1.82, 2.24) is 15.2 Å². The summed E-state index contributed by atoms with van der Waals surface area (Å²) in [4.78, 5) is 15.3. The number of thiophene rings is 1. The molecule has 0 saturated carbocycles. The number of likely N-dealkylation sites (tertiary alicyclic amines) is 1. The van der Waals surface area contributed by atoms with Gasteiger partial charge in [-0.25, -0.2) is 4.63 Å². The van der Waals surface area contributed by atoms with Crippen LogP contribution in [0.3, 0.4) is 0 Å². The van der Waals surface area contributed by atoms with Gasteiger partial charge in [0.1, 0.15) is 0 Å². The maximum Gasteiger partial charge on any atom is 0.280 e. The van der Waals surface area contributed by atoms with Crippen LogP contribution in [0.4, 0.5) is 5.82 Å². The molecule has 0 spiro atoms. The summed E-state index contributed by atoms with van der Waals surface area (Å²) in [6.45, 7) is 0.716. The van der Waals surface area contributed by atoms with Crippen LogP contribution < -0.4 is 5.73 Å². The van der Waals surface area contributed by atoms with Crippen LogP contribution in [0.15, 0.2) is 22.1 Å². The second kappa shape index (κ2) is 4.41. The zero-order valence-electron chi connectivity index (χ0n) is 9.57. The summed E-state index contributed by atoms with van der Waals surface area (Å²) < 4.78 is 4.48. The number of amides is 1. The third kappa shape index (κ3) is 1.76. The number of hydrogen-bond acceptors (Lipinski definition) is 6. The van der Waals surface area contributed by atoms with Crippen molar-refractivity contribution in [2.45, 2.75) is 18.9 Å². The van der Waals surface area contributed by atoms with E-state index in [4.69, 9.17) is 5.73 Å². The number of carbonyl (C=O) groups is 1. The van der Waals surface area contributed by atoms with Gasteiger partial charge in [0, 0.05) is 11.4 Å². The van der Waals surface area contributed by atoms with Gasteiger partial charge in [0.15, 0.2) is 0 Å². The van der Waals surface area contributed by atoms with Crippen molar-refractivity contribution in [3.8, 4) is 0 Å². The van der Waals surface area contributed by atoms with Gasteiger partial charge in [0.2, 0.25) is 11.5 Å². The van der Waals surface area contributed by atoms with Crippen molar-refractivity contribution in [3.63, 3.8) is 0 Å². The highest BCUT2D eigenvalue weighted by Crippen LogP contribution is 2.35. The molecule has 1 amide bonds. The Bertz CT molecular complexity index is 551. The third-order valence-corrected chi connectivity index (χ3v) is 4.08. The van der Waals surface area contributed by atoms with Gasteiger partial charge < -0.3 is 10.6 Å². The second-order valence-corrected chi connectivity index (χ2v) is 5.15. The molecule has 1 aliphatic heterocycles. The molecule has 1 unspecified atom stereocenters. The van der Waals surface area contributed by atoms with Gasteiger partial charge in [-0.2, -0.15) is 0 Å². The molecule has 1 atom stereocenters. The lowest BCUT2D eigenvalue weighted by Crippen LogP contribution is -2.31. The van der Waals surface area contributed by atoms with Crippen LogP contribution >= 0.6 is 11.3 Å². The fourth-order valence-electron chi connectivity index (χ4n) is 2.27. The van der Waals surface area contributed by atoms with Crippen molar-refractivity contribution in [1.29, 1.82) is 0 Å². The van der Waals surface area contributed by atoms with E-state index in [2.05, 4.69) is 14.9 Å². The summed E-state index contributed by atoms with van der Waals surface area (Å²) in [6.07, 6.45) is 1.96. The Balaban J connectivity index is 1.88. The number of nitrogens with two attached hydrogens (primary N) is 1. The lowest BCUT2D eigenvalue weighted by molar-refractivity contribution is 0.0727. The first-order valence-electron chi connectivity index (χ1n) is 5.70. The number of rotatable bonds is 2. The number of nitrogen functional groups attached to an aromatic ring is 1. The monoisotopic (exact) mass is 264 g/mol. The summed E-state index contributed by atoms with van der Waals surface area (Å²) in [7, 11) is 0. The van der Waals surface area contributed by atoms with E-state index in [0.717, 1.165) is 12.8 Å². The number of hydrogen-bond donors (Lipinski definition) is 1. The van der Waals surface area contributed by atoms with E-state index in [-0.39, 0.29) is 23.5 Å². The Hall–Kier alpha value is -1.89. The quantitative estimate of drug-likeness (QED) is 0.892. The standard InChI is InChI=1S/C11H12N4O2S/c12-10-9(13-17-14-10)11(16)15-5-1-3-7(15)8-4-2-6-18-8/h2,4,6-7H,1,3,5H2,(H2,12,14). The van der Waals surface area contributed by atoms with Crippen LogP contribution in [0.2, 0.25) is 0 Å². The Morgan fingerprint density at radius 1 is 1.56 bits per heavy atom. The fourth-order valence-corrected chi connectivity index (χ4v) is 3.14. The average Bonchev–Trinajstić information content (AvgIpc) is 3.09. The summed E-state index contributed by atoms with van der Waals surface area (Å²) in [5.74, 6) is -0.151. The van der Waals surface area contributed by atoms with Crippen molar-refractivity contribution in [2.75, 3.05) is 12.3 Å². The molecule has 3 heterocycles. The van der Waals surface area contributed by atoms with Gasteiger partial charge in [0.25, 0.3) is 5.91 Å². The largest absolute Gasteiger partial charge is 0.379 e. The van der Waals surface area contributed by atoms with Gasteiger partial charge in [-0.15, -0.1) is 11.3 Å². The number of carbonyl (C=O) groups excluding carboxylic acids is 1. The molecule has 94 valence electrons. The van der Waals surface area contributed by atoms with Gasteiger partial charge in [-0.05, 0) is 34.6 Å². The first-order valence-corrected chi connectivity index (χ1v) is 6.57. The maximum atomic E-state index is 12.3. The van der Waals surface area contributed by atoms with Gasteiger partial charge in [-0.1, -0.05) is 6.07 Å². The highest BCUT2D eigenvalue weighted by molar-refractivity contribution is 7.10. The number of aromatic nitrogens is 2. The highest BCUT2D eigenvalue weighted by Gasteiger charge is 2.33. The second-order valence-electron chi connectivity index (χ2n) is 4.17. The van der Waals surface area contributed by atoms with Crippen molar-refractivity contribution in [3.05, 3.63) is 28.1 Å². The van der Waals surface area contributed by atoms with Crippen LogP contribution in [-0.4, -0.2) is 27.7 Å². The third-order valence-electron chi connectivity index (χ3n) is 3.10. The molecule has 0 radical (unpaired) electrons. The Kier molecular flexibility index (Phi) is 2.75. The van der Waals surface area contributed by atoms with Crippen LogP contribution in [0, 0.1) is 0 Å². The molecular weight excluding hydrogens is 252 g/mol. The molecule has 18 heavy (non-hydrogen) atoms. The lowest BCUT2D eigenvalue weighted by atomic mass is 10.2. The summed E-state index contributed by atoms with van der Waals surface area (Å²) in [5, 5.41) is 9.04. The predicted molar refractivity (Wildman–Crippen MR) is 66.0 cm³/mol. The summed E-state index contributed by atoms with van der Waals surface area (Å²) >= 11 is 1.66. The van der Waals surface area contributed by atoms with E-state index in [0.29, 0.717) is 6.54 Å². The molecule has 0 bridgehead atoms. The molecule has 1 fully saturated rings. The van der Waals surface area contributed by atoms with Crippen molar-refractivity contribution >= 4 is 23.1 Å². The fraction of sp³-hybridized carbons (Fsp3) is 0.364. The van der Waals surface area contributed by atoms with Gasteiger partial charge in [0.05, 0.1) is 6.04 Å². The lowest BCUT2D eigenvalue weighted by Gasteiger charge is -2.22. The molecule has 1 aliphatic rings. The van der Waals surface area contributed by atoms with E-state index in [9.17, 15) is 4.79 Å². The van der Waals surface area contributed by atoms with Crippen molar-refractivity contribution in [2.24, 2.45) is 0 Å². The van der Waals surface area contributed by atoms with Gasteiger partial charge in [-0.3, -0.25) is 4.79 Å². The van der Waals surface area contributed by atoms with Crippen LogP contribution in [0.25, 0.3) is 0 Å². The molecular formula is C11H12N4O2S. The zero-order chi connectivity index (χ0) is 12.5. The minimum atomic E-state index is -0.204. The minimum absolute atomic E-state index is 0.0526. The van der Waals surface area contributed by atoms with E-state index < -0.39 is 0 Å². The first-order chi connectivity index (χ1) is 8.77. The molecule has 7 heteroatoms. The first kappa shape index (κ1) is 11.2. The number of nitrogens with zero attached hydrogens (tertiary/aromatic N) is 3. The Morgan fingerprint density at radius 2 is 2.44 bits per heavy atom. The predicted octanol–water partition coefficient (Wildman–Crippen LogP) is 1.69. The van der Waals surface area contributed by atoms with Crippen LogP contribution in [0.1, 0.15) is 34.2 Å². The normalized spacial score (nSPS) is 19.3. The molecule has 2 aromatic heterocycles. The zero-order valence-corrected chi connectivity index (χ0v) is 10.4. The molecule has 1 saturated heterocycles. The smallest absolute Gasteiger partial charge is 0.280 e. The van der Waals surface area contributed by atoms with E-state index in [1.807, 2.05) is 17.5 Å². The van der Waals surface area contributed by atoms with E-state index >= 15 is 0 Å². The Labute approximate surface area is 107 Å². The maximum absolute atomic E-state index is 12.3. The number of anilines is 1. The topological polar surface area (TPSA) is 85.2 Å². The molecule has 3 rings (SSSR count).